The van der Waals surface area contributed by atoms with E-state index in [1.54, 1.807) is 0 Å². The minimum Gasteiger partial charge on any atom is -0.394 e. The van der Waals surface area contributed by atoms with Gasteiger partial charge in [0.15, 0.2) is 0 Å². The molecule has 1 aliphatic rings. The lowest BCUT2D eigenvalue weighted by atomic mass is 9.97. The summed E-state index contributed by atoms with van der Waals surface area (Å²) in [4.78, 5) is 16.3. The molecule has 5 atom stereocenters. The summed E-state index contributed by atoms with van der Waals surface area (Å²) in [6.07, 6.45) is -3.72. The largest absolute Gasteiger partial charge is 0.394 e. The van der Waals surface area contributed by atoms with Crippen LogP contribution in [-0.4, -0.2) is 65.0 Å². The summed E-state index contributed by atoms with van der Waals surface area (Å²) in [5.74, 6) is -0.383. The molecule has 1 rings (SSSR count). The van der Waals surface area contributed by atoms with E-state index in [1.807, 2.05) is 6.92 Å². The molecule has 1 fully saturated rings. The molecule has 0 radical (unpaired) electrons. The van der Waals surface area contributed by atoms with E-state index in [2.05, 4.69) is 10.8 Å². The molecule has 0 bridgehead atoms. The number of nitrogens with one attached hydrogen (secondary N) is 2. The first-order valence-corrected chi connectivity index (χ1v) is 6.29. The summed E-state index contributed by atoms with van der Waals surface area (Å²) in [7, 11) is 0. The maximum absolute atomic E-state index is 11.1. The third-order valence-electron chi connectivity index (χ3n) is 2.80. The van der Waals surface area contributed by atoms with Crippen molar-refractivity contribution in [3.05, 3.63) is 0 Å². The molecule has 1 aliphatic heterocycles. The zero-order valence-corrected chi connectivity index (χ0v) is 11.1. The molecule has 8 heteroatoms. The Kier molecular flexibility index (Phi) is 6.63. The van der Waals surface area contributed by atoms with Gasteiger partial charge in [0.2, 0.25) is 12.2 Å². The molecule has 19 heavy (non-hydrogen) atoms. The van der Waals surface area contributed by atoms with Crippen LogP contribution < -0.4 is 10.8 Å². The van der Waals surface area contributed by atoms with Crippen molar-refractivity contribution in [3.63, 3.8) is 0 Å². The summed E-state index contributed by atoms with van der Waals surface area (Å²) >= 11 is 0. The molecule has 112 valence electrons. The second-order valence-corrected chi connectivity index (χ2v) is 4.45. The molecule has 0 aromatic rings. The topological polar surface area (TPSA) is 120 Å². The molecule has 8 nitrogen and oxygen atoms in total. The van der Waals surface area contributed by atoms with Crippen molar-refractivity contribution in [1.29, 1.82) is 0 Å². The smallest absolute Gasteiger partial charge is 0.217 e. The van der Waals surface area contributed by atoms with Crippen molar-refractivity contribution in [1.82, 2.24) is 10.8 Å². The van der Waals surface area contributed by atoms with Gasteiger partial charge in [0.1, 0.15) is 24.4 Å². The Hall–Kier alpha value is -0.770. The van der Waals surface area contributed by atoms with Gasteiger partial charge in [-0.2, -0.15) is 5.48 Å². The van der Waals surface area contributed by atoms with Gasteiger partial charge in [0.05, 0.1) is 6.61 Å². The number of amides is 1. The lowest BCUT2D eigenvalue weighted by molar-refractivity contribution is -0.286. The summed E-state index contributed by atoms with van der Waals surface area (Å²) in [5, 5.41) is 31.2. The SMILES string of the molecule is CCCNOC1OC(CO)C(O)C(O)C1NC(C)=O. The van der Waals surface area contributed by atoms with E-state index in [1.165, 1.54) is 6.92 Å². The van der Waals surface area contributed by atoms with Crippen LogP contribution >= 0.6 is 0 Å². The third kappa shape index (κ3) is 4.37. The van der Waals surface area contributed by atoms with Crippen molar-refractivity contribution in [3.8, 4) is 0 Å². The molecule has 0 aromatic carbocycles. The molecular weight excluding hydrogens is 256 g/mol. The van der Waals surface area contributed by atoms with Crippen molar-refractivity contribution < 1.29 is 29.7 Å². The Bertz CT molecular complexity index is 290. The predicted molar refractivity (Wildman–Crippen MR) is 64.7 cm³/mol. The van der Waals surface area contributed by atoms with Gasteiger partial charge in [-0.3, -0.25) is 9.63 Å². The quantitative estimate of drug-likeness (QED) is 0.278. The monoisotopic (exact) mass is 278 g/mol. The highest BCUT2D eigenvalue weighted by molar-refractivity contribution is 5.73. The molecule has 0 saturated carbocycles. The van der Waals surface area contributed by atoms with Gasteiger partial charge in [-0.1, -0.05) is 6.92 Å². The molecule has 0 aliphatic carbocycles. The van der Waals surface area contributed by atoms with E-state index >= 15 is 0 Å². The highest BCUT2D eigenvalue weighted by atomic mass is 16.8. The number of aliphatic hydroxyl groups excluding tert-OH is 3. The van der Waals surface area contributed by atoms with Gasteiger partial charge >= 0.3 is 0 Å². The van der Waals surface area contributed by atoms with Crippen LogP contribution in [0.1, 0.15) is 20.3 Å². The second kappa shape index (κ2) is 7.73. The van der Waals surface area contributed by atoms with Crippen molar-refractivity contribution in [2.75, 3.05) is 13.2 Å². The number of hydrogen-bond donors (Lipinski definition) is 5. The molecular formula is C11H22N2O6. The van der Waals surface area contributed by atoms with Crippen LogP contribution in [0.3, 0.4) is 0 Å². The second-order valence-electron chi connectivity index (χ2n) is 4.45. The van der Waals surface area contributed by atoms with E-state index in [-0.39, 0.29) is 5.91 Å². The van der Waals surface area contributed by atoms with E-state index in [0.717, 1.165) is 6.42 Å². The molecule has 5 N–H and O–H groups in total. The van der Waals surface area contributed by atoms with Gasteiger partial charge in [-0.15, -0.1) is 0 Å². The fourth-order valence-corrected chi connectivity index (χ4v) is 1.81. The summed E-state index contributed by atoms with van der Waals surface area (Å²) in [6, 6.07) is -0.917. The summed E-state index contributed by atoms with van der Waals surface area (Å²) in [6.45, 7) is 3.33. The number of hydroxylamine groups is 1. The first-order valence-electron chi connectivity index (χ1n) is 6.29. The Balaban J connectivity index is 2.71. The number of aliphatic hydroxyl groups is 3. The first-order chi connectivity index (χ1) is 9.01. The van der Waals surface area contributed by atoms with Gasteiger partial charge in [-0.05, 0) is 6.42 Å². The van der Waals surface area contributed by atoms with E-state index < -0.39 is 37.3 Å². The fourth-order valence-electron chi connectivity index (χ4n) is 1.81. The molecule has 0 spiro atoms. The lowest BCUT2D eigenvalue weighted by Gasteiger charge is -2.41. The number of hydrogen-bond acceptors (Lipinski definition) is 7. The fraction of sp³-hybridized carbons (Fsp3) is 0.909. The number of carbonyl (C=O) groups excluding carboxylic acids is 1. The third-order valence-corrected chi connectivity index (χ3v) is 2.80. The zero-order chi connectivity index (χ0) is 14.4. The van der Waals surface area contributed by atoms with Crippen LogP contribution in [0.4, 0.5) is 0 Å². The highest BCUT2D eigenvalue weighted by Gasteiger charge is 2.45. The van der Waals surface area contributed by atoms with Gasteiger partial charge in [0, 0.05) is 13.5 Å². The molecule has 0 aromatic heterocycles. The van der Waals surface area contributed by atoms with Crippen molar-refractivity contribution in [2.24, 2.45) is 0 Å². The van der Waals surface area contributed by atoms with Crippen LogP contribution in [0.2, 0.25) is 0 Å². The van der Waals surface area contributed by atoms with Gasteiger partial charge in [0.25, 0.3) is 0 Å². The van der Waals surface area contributed by atoms with Crippen molar-refractivity contribution >= 4 is 5.91 Å². The van der Waals surface area contributed by atoms with E-state index in [4.69, 9.17) is 14.7 Å². The van der Waals surface area contributed by atoms with Crippen LogP contribution in [0.15, 0.2) is 0 Å². The maximum atomic E-state index is 11.1. The molecule has 1 saturated heterocycles. The lowest BCUT2D eigenvalue weighted by Crippen LogP contribution is -2.65. The standard InChI is InChI=1S/C11H22N2O6/c1-3-4-12-19-11-8(13-6(2)15)10(17)9(16)7(5-14)18-11/h7-12,14,16-17H,3-5H2,1-2H3,(H,13,15). The molecule has 1 heterocycles. The minimum atomic E-state index is -1.30. The summed E-state index contributed by atoms with van der Waals surface area (Å²) < 4.78 is 5.32. The van der Waals surface area contributed by atoms with Crippen molar-refractivity contribution in [2.45, 2.75) is 50.9 Å². The van der Waals surface area contributed by atoms with Crippen LogP contribution in [0.5, 0.6) is 0 Å². The highest BCUT2D eigenvalue weighted by Crippen LogP contribution is 2.21. The number of carbonyl (C=O) groups is 1. The first kappa shape index (κ1) is 16.3. The Morgan fingerprint density at radius 2 is 2.05 bits per heavy atom. The normalized spacial score (nSPS) is 35.1. The van der Waals surface area contributed by atoms with E-state index in [0.29, 0.717) is 6.54 Å². The Morgan fingerprint density at radius 3 is 2.58 bits per heavy atom. The van der Waals surface area contributed by atoms with Gasteiger partial charge in [-0.25, -0.2) is 0 Å². The average Bonchev–Trinajstić information content (AvgIpc) is 2.37. The predicted octanol–water partition coefficient (Wildman–Crippen LogP) is -2.14. The average molecular weight is 278 g/mol. The van der Waals surface area contributed by atoms with Crippen LogP contribution in [-0.2, 0) is 14.4 Å². The minimum absolute atomic E-state index is 0.383. The Morgan fingerprint density at radius 1 is 1.37 bits per heavy atom. The molecule has 5 unspecified atom stereocenters. The van der Waals surface area contributed by atoms with E-state index in [9.17, 15) is 15.0 Å². The Labute approximate surface area is 111 Å². The van der Waals surface area contributed by atoms with Gasteiger partial charge < -0.3 is 25.4 Å². The zero-order valence-electron chi connectivity index (χ0n) is 11.1. The van der Waals surface area contributed by atoms with Crippen LogP contribution in [0, 0.1) is 0 Å². The van der Waals surface area contributed by atoms with Crippen LogP contribution in [0.25, 0.3) is 0 Å². The number of ether oxygens (including phenoxy) is 1. The number of rotatable bonds is 6. The molecule has 1 amide bonds. The summed E-state index contributed by atoms with van der Waals surface area (Å²) in [5.41, 5.74) is 2.64. The maximum Gasteiger partial charge on any atom is 0.217 e.